The minimum atomic E-state index is 0.577. The summed E-state index contributed by atoms with van der Waals surface area (Å²) < 4.78 is 4.95. The number of hydrogen-bond donors (Lipinski definition) is 1. The molecule has 2 aromatic rings. The van der Waals surface area contributed by atoms with Gasteiger partial charge in [-0.05, 0) is 24.3 Å². The highest BCUT2D eigenvalue weighted by Crippen LogP contribution is 2.21. The zero-order valence-corrected chi connectivity index (χ0v) is 9.16. The first-order valence-electron chi connectivity index (χ1n) is 4.74. The molecule has 80 valence electrons. The molecule has 1 aromatic carbocycles. The van der Waals surface area contributed by atoms with Crippen molar-refractivity contribution in [2.75, 3.05) is 5.32 Å². The quantitative estimate of drug-likeness (QED) is 0.882. The van der Waals surface area contributed by atoms with Gasteiger partial charge in [-0.3, -0.25) is 0 Å². The maximum atomic E-state index is 8.91. The predicted octanol–water partition coefficient (Wildman–Crippen LogP) is 3.42. The van der Waals surface area contributed by atoms with E-state index in [1.54, 1.807) is 30.7 Å². The van der Waals surface area contributed by atoms with E-state index in [2.05, 4.69) is 11.4 Å². The topological polar surface area (TPSA) is 49.0 Å². The maximum absolute atomic E-state index is 8.91. The van der Waals surface area contributed by atoms with Gasteiger partial charge in [0.15, 0.2) is 0 Å². The molecule has 0 spiro atoms. The standard InChI is InChI=1S/C12H9ClN2O/c13-11-2-1-10(6-14)12(5-11)15-7-9-3-4-16-8-9/h1-5,8,15H,7H2. The van der Waals surface area contributed by atoms with E-state index in [0.29, 0.717) is 17.1 Å². The maximum Gasteiger partial charge on any atom is 0.101 e. The number of nitrogens with one attached hydrogen (secondary N) is 1. The van der Waals surface area contributed by atoms with Crippen LogP contribution >= 0.6 is 11.6 Å². The summed E-state index contributed by atoms with van der Waals surface area (Å²) >= 11 is 5.87. The number of nitriles is 1. The van der Waals surface area contributed by atoms with Crippen LogP contribution in [0.3, 0.4) is 0 Å². The first-order chi connectivity index (χ1) is 7.79. The van der Waals surface area contributed by atoms with Gasteiger partial charge in [-0.25, -0.2) is 0 Å². The second-order valence-electron chi connectivity index (χ2n) is 3.29. The van der Waals surface area contributed by atoms with Crippen molar-refractivity contribution in [3.63, 3.8) is 0 Å². The minimum Gasteiger partial charge on any atom is -0.472 e. The normalized spacial score (nSPS) is 9.75. The summed E-state index contributed by atoms with van der Waals surface area (Å²) in [6.45, 7) is 0.603. The number of anilines is 1. The fourth-order valence-electron chi connectivity index (χ4n) is 1.35. The summed E-state index contributed by atoms with van der Waals surface area (Å²) in [6, 6.07) is 9.10. The molecule has 2 rings (SSSR count). The summed E-state index contributed by atoms with van der Waals surface area (Å²) in [6.07, 6.45) is 3.27. The fourth-order valence-corrected chi connectivity index (χ4v) is 1.52. The molecule has 1 aromatic heterocycles. The number of halogens is 1. The number of rotatable bonds is 3. The molecule has 16 heavy (non-hydrogen) atoms. The second-order valence-corrected chi connectivity index (χ2v) is 3.72. The average molecular weight is 233 g/mol. The average Bonchev–Trinajstić information content (AvgIpc) is 2.79. The Morgan fingerprint density at radius 1 is 1.38 bits per heavy atom. The fraction of sp³-hybridized carbons (Fsp3) is 0.0833. The van der Waals surface area contributed by atoms with Gasteiger partial charge in [-0.1, -0.05) is 11.6 Å². The molecule has 0 unspecified atom stereocenters. The van der Waals surface area contributed by atoms with Gasteiger partial charge in [0.1, 0.15) is 6.07 Å². The van der Waals surface area contributed by atoms with Crippen molar-refractivity contribution in [1.29, 1.82) is 5.26 Å². The lowest BCUT2D eigenvalue weighted by Gasteiger charge is -2.06. The molecule has 0 saturated heterocycles. The first kappa shape index (κ1) is 10.6. The zero-order chi connectivity index (χ0) is 11.4. The van der Waals surface area contributed by atoms with E-state index in [-0.39, 0.29) is 0 Å². The third kappa shape index (κ3) is 2.36. The third-order valence-corrected chi connectivity index (χ3v) is 2.40. The Hall–Kier alpha value is -1.92. The third-order valence-electron chi connectivity index (χ3n) is 2.17. The first-order valence-corrected chi connectivity index (χ1v) is 5.12. The number of nitrogens with zero attached hydrogens (tertiary/aromatic N) is 1. The number of hydrogen-bond acceptors (Lipinski definition) is 3. The van der Waals surface area contributed by atoms with Gasteiger partial charge in [0.05, 0.1) is 23.8 Å². The highest BCUT2D eigenvalue weighted by Gasteiger charge is 2.02. The van der Waals surface area contributed by atoms with Crippen molar-refractivity contribution in [3.05, 3.63) is 52.9 Å². The summed E-state index contributed by atoms with van der Waals surface area (Å²) in [5.74, 6) is 0. The van der Waals surface area contributed by atoms with Crippen molar-refractivity contribution < 1.29 is 4.42 Å². The van der Waals surface area contributed by atoms with Gasteiger partial charge in [-0.2, -0.15) is 5.26 Å². The molecule has 3 nitrogen and oxygen atoms in total. The molecular formula is C12H9ClN2O. The molecule has 0 radical (unpaired) electrons. The largest absolute Gasteiger partial charge is 0.472 e. The van der Waals surface area contributed by atoms with Gasteiger partial charge in [0.25, 0.3) is 0 Å². The SMILES string of the molecule is N#Cc1ccc(Cl)cc1NCc1ccoc1. The second kappa shape index (κ2) is 4.73. The van der Waals surface area contributed by atoms with Crippen molar-refractivity contribution in [2.24, 2.45) is 0 Å². The van der Waals surface area contributed by atoms with Crippen LogP contribution in [0.25, 0.3) is 0 Å². The van der Waals surface area contributed by atoms with Crippen molar-refractivity contribution in [2.45, 2.75) is 6.54 Å². The monoisotopic (exact) mass is 232 g/mol. The Balaban J connectivity index is 2.15. The molecular weight excluding hydrogens is 224 g/mol. The molecule has 0 bridgehead atoms. The summed E-state index contributed by atoms with van der Waals surface area (Å²) in [7, 11) is 0. The molecule has 0 amide bonds. The van der Waals surface area contributed by atoms with E-state index < -0.39 is 0 Å². The van der Waals surface area contributed by atoms with E-state index in [1.807, 2.05) is 6.07 Å². The highest BCUT2D eigenvalue weighted by molar-refractivity contribution is 6.30. The van der Waals surface area contributed by atoms with Crippen LogP contribution in [0.2, 0.25) is 5.02 Å². The Morgan fingerprint density at radius 3 is 2.94 bits per heavy atom. The van der Waals surface area contributed by atoms with Gasteiger partial charge in [0.2, 0.25) is 0 Å². The lowest BCUT2D eigenvalue weighted by Crippen LogP contribution is -2.00. The molecule has 0 saturated carbocycles. The van der Waals surface area contributed by atoms with Crippen LogP contribution in [0.4, 0.5) is 5.69 Å². The zero-order valence-electron chi connectivity index (χ0n) is 8.40. The summed E-state index contributed by atoms with van der Waals surface area (Å²) in [5, 5.41) is 12.7. The van der Waals surface area contributed by atoms with E-state index in [9.17, 15) is 0 Å². The van der Waals surface area contributed by atoms with Crippen molar-refractivity contribution >= 4 is 17.3 Å². The summed E-state index contributed by atoms with van der Waals surface area (Å²) in [4.78, 5) is 0. The lowest BCUT2D eigenvalue weighted by atomic mass is 10.2. The van der Waals surface area contributed by atoms with Crippen LogP contribution in [0.1, 0.15) is 11.1 Å². The molecule has 0 atom stereocenters. The van der Waals surface area contributed by atoms with Crippen LogP contribution in [0.5, 0.6) is 0 Å². The smallest absolute Gasteiger partial charge is 0.101 e. The molecule has 4 heteroatoms. The number of furan rings is 1. The Bertz CT molecular complexity index is 514. The molecule has 1 heterocycles. The number of benzene rings is 1. The van der Waals surface area contributed by atoms with E-state index in [1.165, 1.54) is 0 Å². The van der Waals surface area contributed by atoms with Crippen LogP contribution in [-0.4, -0.2) is 0 Å². The molecule has 0 aliphatic rings. The van der Waals surface area contributed by atoms with E-state index in [0.717, 1.165) is 11.3 Å². The highest BCUT2D eigenvalue weighted by atomic mass is 35.5. The van der Waals surface area contributed by atoms with Crippen LogP contribution in [0, 0.1) is 11.3 Å². The Labute approximate surface area is 98.3 Å². The van der Waals surface area contributed by atoms with E-state index >= 15 is 0 Å². The molecule has 1 N–H and O–H groups in total. The Kier molecular flexibility index (Phi) is 3.13. The molecule has 0 aliphatic heterocycles. The minimum absolute atomic E-state index is 0.577. The van der Waals surface area contributed by atoms with Crippen LogP contribution in [-0.2, 0) is 6.54 Å². The predicted molar refractivity (Wildman–Crippen MR) is 62.2 cm³/mol. The van der Waals surface area contributed by atoms with Crippen molar-refractivity contribution in [3.8, 4) is 6.07 Å². The van der Waals surface area contributed by atoms with Gasteiger partial charge >= 0.3 is 0 Å². The van der Waals surface area contributed by atoms with E-state index in [4.69, 9.17) is 21.3 Å². The Morgan fingerprint density at radius 2 is 2.25 bits per heavy atom. The van der Waals surface area contributed by atoms with Gasteiger partial charge < -0.3 is 9.73 Å². The van der Waals surface area contributed by atoms with Crippen LogP contribution in [0.15, 0.2) is 41.2 Å². The molecule has 0 aliphatic carbocycles. The van der Waals surface area contributed by atoms with Crippen molar-refractivity contribution in [1.82, 2.24) is 0 Å². The van der Waals surface area contributed by atoms with Gasteiger partial charge in [0, 0.05) is 17.1 Å². The summed E-state index contributed by atoms with van der Waals surface area (Å²) in [5.41, 5.74) is 2.33. The lowest BCUT2D eigenvalue weighted by molar-refractivity contribution is 0.564. The van der Waals surface area contributed by atoms with Crippen LogP contribution < -0.4 is 5.32 Å². The molecule has 0 fully saturated rings. The van der Waals surface area contributed by atoms with Gasteiger partial charge in [-0.15, -0.1) is 0 Å².